The summed E-state index contributed by atoms with van der Waals surface area (Å²) < 4.78 is 0. The number of aliphatic carboxylic acids is 1. The molecule has 1 unspecified atom stereocenters. The van der Waals surface area contributed by atoms with Gasteiger partial charge in [0.15, 0.2) is 0 Å². The third-order valence-electron chi connectivity index (χ3n) is 9.43. The number of rotatable bonds is 21. The van der Waals surface area contributed by atoms with Crippen molar-refractivity contribution in [3.8, 4) is 0 Å². The van der Waals surface area contributed by atoms with E-state index in [0.717, 1.165) is 0 Å². The number of carboxylic acids is 1. The van der Waals surface area contributed by atoms with Gasteiger partial charge in [-0.1, -0.05) is 151 Å². The van der Waals surface area contributed by atoms with Crippen LogP contribution in [0.5, 0.6) is 0 Å². The molecule has 1 N–H and O–H groups in total. The van der Waals surface area contributed by atoms with Crippen LogP contribution in [0.3, 0.4) is 0 Å². The minimum atomic E-state index is -0.737. The molecule has 0 spiro atoms. The Hall–Kier alpha value is -0.530. The summed E-state index contributed by atoms with van der Waals surface area (Å²) in [6.45, 7) is 17.2. The molecule has 0 saturated heterocycles. The van der Waals surface area contributed by atoms with Crippen molar-refractivity contribution in [3.63, 3.8) is 0 Å². The predicted molar refractivity (Wildman–Crippen MR) is 142 cm³/mol. The van der Waals surface area contributed by atoms with E-state index >= 15 is 0 Å². The van der Waals surface area contributed by atoms with Gasteiger partial charge in [0, 0.05) is 0 Å². The van der Waals surface area contributed by atoms with E-state index in [9.17, 15) is 9.90 Å². The zero-order valence-corrected chi connectivity index (χ0v) is 23.5. The lowest BCUT2D eigenvalue weighted by Gasteiger charge is -2.53. The second-order valence-electron chi connectivity index (χ2n) is 12.3. The molecule has 32 heavy (non-hydrogen) atoms. The Morgan fingerprint density at radius 1 is 0.625 bits per heavy atom. The second kappa shape index (κ2) is 16.2. The van der Waals surface area contributed by atoms with E-state index < -0.39 is 11.4 Å². The first-order valence-corrected chi connectivity index (χ1v) is 14.2. The zero-order valence-electron chi connectivity index (χ0n) is 23.5. The Kier molecular flexibility index (Phi) is 15.9. The van der Waals surface area contributed by atoms with E-state index in [1.807, 2.05) is 13.8 Å². The van der Waals surface area contributed by atoms with E-state index in [4.69, 9.17) is 0 Å². The van der Waals surface area contributed by atoms with Gasteiger partial charge in [-0.2, -0.15) is 0 Å². The maximum atomic E-state index is 11.9. The van der Waals surface area contributed by atoms with Gasteiger partial charge in [0.05, 0.1) is 5.41 Å². The molecule has 0 bridgehead atoms. The number of unbranched alkanes of at least 4 members (excludes halogenated alkanes) is 15. The van der Waals surface area contributed by atoms with Crippen LogP contribution in [-0.4, -0.2) is 11.1 Å². The van der Waals surface area contributed by atoms with E-state index in [-0.39, 0.29) is 10.8 Å². The third kappa shape index (κ3) is 10.6. The SMILES string of the molecule is CCCCCCCCCCCCCCCCCCC(C)C(C)(C)C(C)(C)C(C)(C)C(=O)O. The topological polar surface area (TPSA) is 37.3 Å². The predicted octanol–water partition coefficient (Wildman–Crippen LogP) is 10.4. The van der Waals surface area contributed by atoms with Gasteiger partial charge in [0.25, 0.3) is 0 Å². The average Bonchev–Trinajstić information content (AvgIpc) is 2.72. The molecule has 0 aliphatic carbocycles. The van der Waals surface area contributed by atoms with Gasteiger partial charge >= 0.3 is 5.97 Å². The molecule has 0 radical (unpaired) electrons. The van der Waals surface area contributed by atoms with Gasteiger partial charge in [0.2, 0.25) is 0 Å². The Balaban J connectivity index is 3.81. The minimum absolute atomic E-state index is 0.0234. The summed E-state index contributed by atoms with van der Waals surface area (Å²) in [6.07, 6.45) is 23.6. The summed E-state index contributed by atoms with van der Waals surface area (Å²) >= 11 is 0. The van der Waals surface area contributed by atoms with Gasteiger partial charge in [-0.25, -0.2) is 0 Å². The minimum Gasteiger partial charge on any atom is -0.481 e. The molecule has 2 nitrogen and oxygen atoms in total. The van der Waals surface area contributed by atoms with Crippen molar-refractivity contribution in [2.24, 2.45) is 22.2 Å². The molecule has 0 aliphatic rings. The van der Waals surface area contributed by atoms with Crippen LogP contribution in [0.15, 0.2) is 0 Å². The van der Waals surface area contributed by atoms with Gasteiger partial charge in [-0.15, -0.1) is 0 Å². The van der Waals surface area contributed by atoms with Gasteiger partial charge < -0.3 is 5.11 Å². The first-order chi connectivity index (χ1) is 14.9. The molecule has 192 valence electrons. The van der Waals surface area contributed by atoms with Crippen LogP contribution in [0.2, 0.25) is 0 Å². The van der Waals surface area contributed by atoms with Crippen molar-refractivity contribution < 1.29 is 9.90 Å². The van der Waals surface area contributed by atoms with Gasteiger partial charge in [0.1, 0.15) is 0 Å². The standard InChI is InChI=1S/C30H60O2/c1-9-10-11-12-13-14-15-16-17-18-19-20-21-22-23-24-25-26(2)28(3,4)30(7,8)29(5,6)27(31)32/h26H,9-25H2,1-8H3,(H,31,32). The van der Waals surface area contributed by atoms with E-state index in [0.29, 0.717) is 5.92 Å². The summed E-state index contributed by atoms with van der Waals surface area (Å²) in [4.78, 5) is 11.9. The fourth-order valence-corrected chi connectivity index (χ4v) is 5.05. The highest BCUT2D eigenvalue weighted by atomic mass is 16.4. The average molecular weight is 453 g/mol. The van der Waals surface area contributed by atoms with Crippen molar-refractivity contribution in [1.29, 1.82) is 0 Å². The van der Waals surface area contributed by atoms with Gasteiger partial charge in [-0.05, 0) is 30.6 Å². The maximum Gasteiger partial charge on any atom is 0.309 e. The smallest absolute Gasteiger partial charge is 0.309 e. The third-order valence-corrected chi connectivity index (χ3v) is 9.43. The zero-order chi connectivity index (χ0) is 24.7. The van der Waals surface area contributed by atoms with Crippen molar-refractivity contribution in [3.05, 3.63) is 0 Å². The Morgan fingerprint density at radius 3 is 1.25 bits per heavy atom. The second-order valence-corrected chi connectivity index (χ2v) is 12.3. The molecular weight excluding hydrogens is 392 g/mol. The van der Waals surface area contributed by atoms with Crippen LogP contribution in [0.4, 0.5) is 0 Å². The number of hydrogen-bond donors (Lipinski definition) is 1. The monoisotopic (exact) mass is 452 g/mol. The van der Waals surface area contributed by atoms with Gasteiger partial charge in [-0.3, -0.25) is 4.79 Å². The number of carboxylic acid groups (broad SMARTS) is 1. The molecular formula is C30H60O2. The molecule has 0 aromatic carbocycles. The summed E-state index contributed by atoms with van der Waals surface area (Å²) in [7, 11) is 0. The molecule has 0 aliphatic heterocycles. The van der Waals surface area contributed by atoms with Crippen LogP contribution < -0.4 is 0 Å². The molecule has 0 amide bonds. The van der Waals surface area contributed by atoms with E-state index in [2.05, 4.69) is 41.5 Å². The normalized spacial score (nSPS) is 14.0. The lowest BCUT2D eigenvalue weighted by Crippen LogP contribution is -2.51. The molecule has 0 aromatic rings. The molecule has 0 saturated carbocycles. The van der Waals surface area contributed by atoms with Crippen LogP contribution in [0.1, 0.15) is 165 Å². The maximum absolute atomic E-state index is 11.9. The molecule has 0 fully saturated rings. The largest absolute Gasteiger partial charge is 0.481 e. The Morgan fingerprint density at radius 2 is 0.938 bits per heavy atom. The van der Waals surface area contributed by atoms with Crippen LogP contribution >= 0.6 is 0 Å². The summed E-state index contributed by atoms with van der Waals surface area (Å²) in [5.41, 5.74) is -1.04. The highest BCUT2D eigenvalue weighted by Gasteiger charge is 2.53. The van der Waals surface area contributed by atoms with Crippen LogP contribution in [0.25, 0.3) is 0 Å². The van der Waals surface area contributed by atoms with Crippen molar-refractivity contribution in [2.75, 3.05) is 0 Å². The summed E-state index contributed by atoms with van der Waals surface area (Å²) in [5.74, 6) is -0.173. The first kappa shape index (κ1) is 31.5. The highest BCUT2D eigenvalue weighted by molar-refractivity contribution is 5.74. The molecule has 0 heterocycles. The summed E-state index contributed by atoms with van der Waals surface area (Å²) in [6, 6.07) is 0. The number of carbonyl (C=O) groups is 1. The van der Waals surface area contributed by atoms with Crippen molar-refractivity contribution in [1.82, 2.24) is 0 Å². The first-order valence-electron chi connectivity index (χ1n) is 14.2. The lowest BCUT2D eigenvalue weighted by atomic mass is 9.51. The molecule has 0 rings (SSSR count). The fourth-order valence-electron chi connectivity index (χ4n) is 5.05. The Labute approximate surface area is 202 Å². The van der Waals surface area contributed by atoms with E-state index in [1.165, 1.54) is 109 Å². The quantitative estimate of drug-likeness (QED) is 0.176. The number of hydrogen-bond acceptors (Lipinski definition) is 1. The molecule has 1 atom stereocenters. The van der Waals surface area contributed by atoms with Crippen molar-refractivity contribution in [2.45, 2.75) is 165 Å². The molecule has 2 heteroatoms. The van der Waals surface area contributed by atoms with Crippen LogP contribution in [0, 0.1) is 22.2 Å². The lowest BCUT2D eigenvalue weighted by molar-refractivity contribution is -0.163. The fraction of sp³-hybridized carbons (Fsp3) is 0.967. The molecule has 0 aromatic heterocycles. The van der Waals surface area contributed by atoms with Crippen molar-refractivity contribution >= 4 is 5.97 Å². The van der Waals surface area contributed by atoms with Crippen LogP contribution in [-0.2, 0) is 4.79 Å². The van der Waals surface area contributed by atoms with E-state index in [1.54, 1.807) is 0 Å². The summed E-state index contributed by atoms with van der Waals surface area (Å²) in [5, 5.41) is 9.75. The Bertz CT molecular complexity index is 475. The highest BCUT2D eigenvalue weighted by Crippen LogP contribution is 2.55.